The molecule has 202 valence electrons. The number of fused-ring (bicyclic) bond motifs is 3. The molecule has 0 atom stereocenters. The Morgan fingerprint density at radius 2 is 0.907 bits per heavy atom. The summed E-state index contributed by atoms with van der Waals surface area (Å²) in [5.41, 5.74) is 8.92. The van der Waals surface area contributed by atoms with Gasteiger partial charge < -0.3 is 4.42 Å². The molecule has 5 aromatic carbocycles. The molecule has 0 fully saturated rings. The molecule has 0 bridgehead atoms. The predicted molar refractivity (Wildman–Crippen MR) is 172 cm³/mol. The molecule has 3 aromatic heterocycles. The molecule has 43 heavy (non-hydrogen) atoms. The van der Waals surface area contributed by atoms with E-state index in [2.05, 4.69) is 77.8 Å². The van der Waals surface area contributed by atoms with Crippen LogP contribution in [-0.4, -0.2) is 19.9 Å². The topological polar surface area (TPSA) is 64.7 Å². The standard InChI is InChI=1S/C38H24N4O/c1-3-8-25(9-4-1)26-14-16-27(17-15-26)28-18-20-30(21-19-28)37-40-36(29-10-5-2-6-11-29)41-38(42-37)32-12-7-13-33-35(32)31-22-23-39-24-34(31)43-33/h1-24H. The Morgan fingerprint density at radius 3 is 1.53 bits per heavy atom. The molecule has 8 rings (SSSR count). The molecule has 5 nitrogen and oxygen atoms in total. The summed E-state index contributed by atoms with van der Waals surface area (Å²) in [4.78, 5) is 19.1. The van der Waals surface area contributed by atoms with Gasteiger partial charge >= 0.3 is 0 Å². The first-order valence-corrected chi connectivity index (χ1v) is 14.1. The number of hydrogen-bond donors (Lipinski definition) is 0. The monoisotopic (exact) mass is 552 g/mol. The van der Waals surface area contributed by atoms with Crippen molar-refractivity contribution in [3.8, 4) is 56.4 Å². The highest BCUT2D eigenvalue weighted by Gasteiger charge is 2.17. The van der Waals surface area contributed by atoms with Crippen molar-refractivity contribution in [3.63, 3.8) is 0 Å². The number of hydrogen-bond acceptors (Lipinski definition) is 5. The van der Waals surface area contributed by atoms with Gasteiger partial charge in [-0.3, -0.25) is 4.98 Å². The van der Waals surface area contributed by atoms with E-state index in [1.807, 2.05) is 60.7 Å². The molecular formula is C38H24N4O. The second kappa shape index (κ2) is 10.5. The van der Waals surface area contributed by atoms with Crippen LogP contribution in [0.4, 0.5) is 0 Å². The van der Waals surface area contributed by atoms with E-state index in [-0.39, 0.29) is 0 Å². The van der Waals surface area contributed by atoms with Gasteiger partial charge in [0.1, 0.15) is 5.58 Å². The van der Waals surface area contributed by atoms with Crippen molar-refractivity contribution in [1.29, 1.82) is 0 Å². The summed E-state index contributed by atoms with van der Waals surface area (Å²) >= 11 is 0. The maximum Gasteiger partial charge on any atom is 0.164 e. The van der Waals surface area contributed by atoms with Crippen LogP contribution in [0.15, 0.2) is 150 Å². The average Bonchev–Trinajstić information content (AvgIpc) is 3.48. The quantitative estimate of drug-likeness (QED) is 0.213. The first kappa shape index (κ1) is 24.8. The molecule has 5 heteroatoms. The Balaban J connectivity index is 1.22. The number of nitrogens with zero attached hydrogens (tertiary/aromatic N) is 4. The fourth-order valence-corrected chi connectivity index (χ4v) is 5.51. The molecule has 0 unspecified atom stereocenters. The summed E-state index contributed by atoms with van der Waals surface area (Å²) in [7, 11) is 0. The van der Waals surface area contributed by atoms with Gasteiger partial charge in [0.05, 0.1) is 6.20 Å². The minimum atomic E-state index is 0.592. The summed E-state index contributed by atoms with van der Waals surface area (Å²) in [6.07, 6.45) is 3.52. The van der Waals surface area contributed by atoms with E-state index in [0.717, 1.165) is 49.8 Å². The smallest absolute Gasteiger partial charge is 0.164 e. The van der Waals surface area contributed by atoms with Crippen LogP contribution >= 0.6 is 0 Å². The Morgan fingerprint density at radius 1 is 0.395 bits per heavy atom. The number of furan rings is 1. The van der Waals surface area contributed by atoms with Gasteiger partial charge in [-0.1, -0.05) is 121 Å². The minimum Gasteiger partial charge on any atom is -0.454 e. The highest BCUT2D eigenvalue weighted by molar-refractivity contribution is 6.11. The van der Waals surface area contributed by atoms with Gasteiger partial charge in [0.15, 0.2) is 23.1 Å². The Kier molecular flexibility index (Phi) is 6.05. The van der Waals surface area contributed by atoms with Crippen LogP contribution in [0.1, 0.15) is 0 Å². The van der Waals surface area contributed by atoms with Crippen molar-refractivity contribution in [3.05, 3.63) is 146 Å². The molecule has 0 saturated heterocycles. The SMILES string of the molecule is c1ccc(-c2ccc(-c3ccc(-c4nc(-c5ccccc5)nc(-c5cccc6oc7cnccc7c56)n4)cc3)cc2)cc1. The highest BCUT2D eigenvalue weighted by atomic mass is 16.3. The van der Waals surface area contributed by atoms with Crippen LogP contribution in [0.5, 0.6) is 0 Å². The molecule has 0 N–H and O–H groups in total. The molecule has 8 aromatic rings. The Hall–Kier alpha value is -5.94. The number of pyridine rings is 1. The van der Waals surface area contributed by atoms with Crippen molar-refractivity contribution >= 4 is 21.9 Å². The van der Waals surface area contributed by atoms with E-state index in [0.29, 0.717) is 17.5 Å². The van der Waals surface area contributed by atoms with E-state index in [1.165, 1.54) is 11.1 Å². The zero-order valence-corrected chi connectivity index (χ0v) is 23.1. The molecule has 0 radical (unpaired) electrons. The number of aromatic nitrogens is 4. The normalized spacial score (nSPS) is 11.3. The van der Waals surface area contributed by atoms with Gasteiger partial charge in [0.25, 0.3) is 0 Å². The molecular weight excluding hydrogens is 528 g/mol. The lowest BCUT2D eigenvalue weighted by Gasteiger charge is -2.10. The van der Waals surface area contributed by atoms with Crippen LogP contribution in [0.2, 0.25) is 0 Å². The molecule has 3 heterocycles. The van der Waals surface area contributed by atoms with E-state index < -0.39 is 0 Å². The lowest BCUT2D eigenvalue weighted by atomic mass is 9.99. The lowest BCUT2D eigenvalue weighted by molar-refractivity contribution is 0.667. The summed E-state index contributed by atoms with van der Waals surface area (Å²) in [5.74, 6) is 1.82. The van der Waals surface area contributed by atoms with E-state index in [9.17, 15) is 0 Å². The third kappa shape index (κ3) is 4.63. The highest BCUT2D eigenvalue weighted by Crippen LogP contribution is 2.36. The van der Waals surface area contributed by atoms with Crippen molar-refractivity contribution in [2.24, 2.45) is 0 Å². The van der Waals surface area contributed by atoms with Gasteiger partial charge in [-0.05, 0) is 34.4 Å². The molecule has 0 aliphatic heterocycles. The second-order valence-corrected chi connectivity index (χ2v) is 10.3. The summed E-state index contributed by atoms with van der Waals surface area (Å²) in [5, 5.41) is 1.94. The molecule has 0 amide bonds. The van der Waals surface area contributed by atoms with Crippen molar-refractivity contribution in [1.82, 2.24) is 19.9 Å². The Labute approximate surface area is 248 Å². The second-order valence-electron chi connectivity index (χ2n) is 10.3. The average molecular weight is 553 g/mol. The summed E-state index contributed by atoms with van der Waals surface area (Å²) < 4.78 is 6.10. The summed E-state index contributed by atoms with van der Waals surface area (Å²) in [6, 6.07) is 45.4. The maximum absolute atomic E-state index is 6.10. The zero-order chi connectivity index (χ0) is 28.6. The third-order valence-electron chi connectivity index (χ3n) is 7.68. The number of benzene rings is 5. The van der Waals surface area contributed by atoms with Crippen LogP contribution in [0.3, 0.4) is 0 Å². The van der Waals surface area contributed by atoms with E-state index >= 15 is 0 Å². The molecule has 0 aliphatic rings. The predicted octanol–water partition coefficient (Wildman–Crippen LogP) is 9.50. The van der Waals surface area contributed by atoms with Gasteiger partial charge in [-0.25, -0.2) is 15.0 Å². The number of rotatable bonds is 5. The first-order valence-electron chi connectivity index (χ1n) is 14.1. The minimum absolute atomic E-state index is 0.592. The van der Waals surface area contributed by atoms with Crippen LogP contribution in [-0.2, 0) is 0 Å². The lowest BCUT2D eigenvalue weighted by Crippen LogP contribution is -2.00. The third-order valence-corrected chi connectivity index (χ3v) is 7.68. The van der Waals surface area contributed by atoms with Gasteiger partial charge in [-0.2, -0.15) is 0 Å². The van der Waals surface area contributed by atoms with Crippen LogP contribution < -0.4 is 0 Å². The fourth-order valence-electron chi connectivity index (χ4n) is 5.51. The van der Waals surface area contributed by atoms with Crippen LogP contribution in [0.25, 0.3) is 78.4 Å². The maximum atomic E-state index is 6.10. The Bertz CT molecular complexity index is 2210. The first-order chi connectivity index (χ1) is 21.3. The summed E-state index contributed by atoms with van der Waals surface area (Å²) in [6.45, 7) is 0. The fraction of sp³-hybridized carbons (Fsp3) is 0. The van der Waals surface area contributed by atoms with Crippen molar-refractivity contribution in [2.45, 2.75) is 0 Å². The zero-order valence-electron chi connectivity index (χ0n) is 23.1. The van der Waals surface area contributed by atoms with Gasteiger partial charge in [0.2, 0.25) is 0 Å². The largest absolute Gasteiger partial charge is 0.454 e. The van der Waals surface area contributed by atoms with E-state index in [1.54, 1.807) is 12.4 Å². The molecule has 0 saturated carbocycles. The van der Waals surface area contributed by atoms with Gasteiger partial charge in [0, 0.05) is 33.7 Å². The van der Waals surface area contributed by atoms with Gasteiger partial charge in [-0.15, -0.1) is 0 Å². The van der Waals surface area contributed by atoms with Crippen molar-refractivity contribution in [2.75, 3.05) is 0 Å². The van der Waals surface area contributed by atoms with Crippen LogP contribution in [0, 0.1) is 0 Å². The van der Waals surface area contributed by atoms with Crippen molar-refractivity contribution < 1.29 is 4.42 Å². The molecule has 0 spiro atoms. The van der Waals surface area contributed by atoms with E-state index in [4.69, 9.17) is 19.4 Å². The molecule has 0 aliphatic carbocycles.